The van der Waals surface area contributed by atoms with Crippen LogP contribution in [0.15, 0.2) is 71.7 Å². The summed E-state index contributed by atoms with van der Waals surface area (Å²) in [4.78, 5) is 31.4. The number of anilines is 2. The molecule has 5 rings (SSSR count). The Labute approximate surface area is 181 Å². The van der Waals surface area contributed by atoms with Crippen LogP contribution in [-0.2, 0) is 17.8 Å². The number of pyridine rings is 2. The number of nitrogens with one attached hydrogen (secondary N) is 1. The lowest BCUT2D eigenvalue weighted by Crippen LogP contribution is -2.47. The van der Waals surface area contributed by atoms with Gasteiger partial charge in [0.05, 0.1) is 11.9 Å². The zero-order valence-corrected chi connectivity index (χ0v) is 17.4. The summed E-state index contributed by atoms with van der Waals surface area (Å²) in [7, 11) is 0. The van der Waals surface area contributed by atoms with Gasteiger partial charge in [0, 0.05) is 43.7 Å². The molecule has 3 aromatic rings. The largest absolute Gasteiger partial charge is 0.356 e. The molecule has 1 N–H and O–H groups in total. The standard InChI is InChI=1S/C25H26N4O2/c30-24(12-9-18-5-2-1-3-6-18)27-21-10-11-23(26-14-21)28-15-19-13-20(17-28)22-7-4-8-25(31)29(22)16-19/h1-8,10-11,14,19-20H,9,12-13,15-17H2,(H,27,30)/t19-,20+/m1/s1. The monoisotopic (exact) mass is 414 g/mol. The van der Waals surface area contributed by atoms with Crippen molar-refractivity contribution in [2.24, 2.45) is 5.92 Å². The molecule has 2 atom stereocenters. The van der Waals surface area contributed by atoms with Crippen molar-refractivity contribution < 1.29 is 4.79 Å². The first-order valence-corrected chi connectivity index (χ1v) is 10.9. The highest BCUT2D eigenvalue weighted by Gasteiger charge is 2.34. The minimum Gasteiger partial charge on any atom is -0.356 e. The van der Waals surface area contributed by atoms with Crippen molar-refractivity contribution in [2.75, 3.05) is 23.3 Å². The number of rotatable bonds is 5. The topological polar surface area (TPSA) is 67.2 Å². The van der Waals surface area contributed by atoms with Crippen molar-refractivity contribution in [3.05, 3.63) is 88.5 Å². The van der Waals surface area contributed by atoms with Crippen molar-refractivity contribution in [3.63, 3.8) is 0 Å². The Balaban J connectivity index is 1.22. The van der Waals surface area contributed by atoms with E-state index in [-0.39, 0.29) is 11.5 Å². The summed E-state index contributed by atoms with van der Waals surface area (Å²) >= 11 is 0. The molecule has 6 heteroatoms. The average Bonchev–Trinajstić information content (AvgIpc) is 2.80. The number of benzene rings is 1. The number of carbonyl (C=O) groups excluding carboxylic acids is 1. The van der Waals surface area contributed by atoms with E-state index in [1.54, 1.807) is 12.3 Å². The highest BCUT2D eigenvalue weighted by molar-refractivity contribution is 5.90. The van der Waals surface area contributed by atoms with Crippen molar-refractivity contribution in [2.45, 2.75) is 31.7 Å². The molecular formula is C25H26N4O2. The van der Waals surface area contributed by atoms with Crippen LogP contribution in [-0.4, -0.2) is 28.5 Å². The molecule has 1 saturated heterocycles. The van der Waals surface area contributed by atoms with Crippen molar-refractivity contribution in [1.29, 1.82) is 0 Å². The van der Waals surface area contributed by atoms with Gasteiger partial charge in [-0.05, 0) is 42.5 Å². The number of fused-ring (bicyclic) bond motifs is 4. The van der Waals surface area contributed by atoms with Crippen LogP contribution >= 0.6 is 0 Å². The zero-order valence-electron chi connectivity index (χ0n) is 17.4. The van der Waals surface area contributed by atoms with E-state index in [2.05, 4.69) is 21.3 Å². The summed E-state index contributed by atoms with van der Waals surface area (Å²) in [5.41, 5.74) is 3.11. The Morgan fingerprint density at radius 1 is 1.00 bits per heavy atom. The summed E-state index contributed by atoms with van der Waals surface area (Å²) in [6.07, 6.45) is 4.02. The van der Waals surface area contributed by atoms with Gasteiger partial charge in [-0.15, -0.1) is 0 Å². The lowest BCUT2D eigenvalue weighted by molar-refractivity contribution is -0.116. The number of piperidine rings is 1. The first kappa shape index (κ1) is 19.5. The number of aromatic nitrogens is 2. The highest BCUT2D eigenvalue weighted by Crippen LogP contribution is 2.36. The third kappa shape index (κ3) is 4.24. The molecule has 2 aromatic heterocycles. The van der Waals surface area contributed by atoms with Crippen molar-refractivity contribution in [3.8, 4) is 0 Å². The van der Waals surface area contributed by atoms with Gasteiger partial charge in [0.1, 0.15) is 5.82 Å². The molecule has 6 nitrogen and oxygen atoms in total. The molecule has 0 saturated carbocycles. The zero-order chi connectivity index (χ0) is 21.2. The van der Waals surface area contributed by atoms with E-state index in [1.807, 2.05) is 53.1 Å². The van der Waals surface area contributed by atoms with E-state index in [4.69, 9.17) is 0 Å². The Bertz CT molecular complexity index is 1120. The molecule has 0 radical (unpaired) electrons. The van der Waals surface area contributed by atoms with Gasteiger partial charge >= 0.3 is 0 Å². The summed E-state index contributed by atoms with van der Waals surface area (Å²) < 4.78 is 1.94. The lowest BCUT2D eigenvalue weighted by atomic mass is 9.83. The van der Waals surface area contributed by atoms with E-state index >= 15 is 0 Å². The summed E-state index contributed by atoms with van der Waals surface area (Å²) in [6, 6.07) is 19.5. The molecule has 0 unspecified atom stereocenters. The molecule has 2 aliphatic rings. The molecule has 158 valence electrons. The summed E-state index contributed by atoms with van der Waals surface area (Å²) in [5.74, 6) is 1.71. The average molecular weight is 415 g/mol. The van der Waals surface area contributed by atoms with Gasteiger partial charge < -0.3 is 14.8 Å². The normalized spacial score (nSPS) is 19.5. The van der Waals surface area contributed by atoms with Gasteiger partial charge in [-0.3, -0.25) is 9.59 Å². The molecule has 1 aromatic carbocycles. The first-order chi connectivity index (χ1) is 15.2. The van der Waals surface area contributed by atoms with Gasteiger partial charge in [0.15, 0.2) is 0 Å². The molecule has 31 heavy (non-hydrogen) atoms. The molecule has 0 spiro atoms. The van der Waals surface area contributed by atoms with Crippen LogP contribution in [0.3, 0.4) is 0 Å². The van der Waals surface area contributed by atoms with Crippen molar-refractivity contribution >= 4 is 17.4 Å². The van der Waals surface area contributed by atoms with Gasteiger partial charge in [0.2, 0.25) is 5.91 Å². The predicted octanol–water partition coefficient (Wildman–Crippen LogP) is 3.44. The fourth-order valence-corrected chi connectivity index (χ4v) is 4.86. The van der Waals surface area contributed by atoms with E-state index in [9.17, 15) is 9.59 Å². The minimum absolute atomic E-state index is 0.00652. The van der Waals surface area contributed by atoms with Gasteiger partial charge in [-0.25, -0.2) is 4.98 Å². The van der Waals surface area contributed by atoms with Gasteiger partial charge in [0.25, 0.3) is 5.56 Å². The highest BCUT2D eigenvalue weighted by atomic mass is 16.1. The number of hydrogen-bond acceptors (Lipinski definition) is 4. The number of amides is 1. The quantitative estimate of drug-likeness (QED) is 0.695. The molecule has 1 amide bonds. The Morgan fingerprint density at radius 2 is 1.87 bits per heavy atom. The number of hydrogen-bond donors (Lipinski definition) is 1. The maximum absolute atomic E-state index is 12.3. The van der Waals surface area contributed by atoms with Crippen LogP contribution in [0.4, 0.5) is 11.5 Å². The molecule has 0 aliphatic carbocycles. The maximum atomic E-state index is 12.3. The van der Waals surface area contributed by atoms with E-state index in [1.165, 1.54) is 0 Å². The predicted molar refractivity (Wildman–Crippen MR) is 121 cm³/mol. The fraction of sp³-hybridized carbons (Fsp3) is 0.320. The first-order valence-electron chi connectivity index (χ1n) is 10.9. The molecule has 2 bridgehead atoms. The van der Waals surface area contributed by atoms with Crippen LogP contribution in [0.2, 0.25) is 0 Å². The molecular weight excluding hydrogens is 388 g/mol. The molecule has 2 aliphatic heterocycles. The number of aryl methyl sites for hydroxylation is 1. The molecule has 1 fully saturated rings. The summed E-state index contributed by atoms with van der Waals surface area (Å²) in [5, 5.41) is 2.94. The fourth-order valence-electron chi connectivity index (χ4n) is 4.86. The van der Waals surface area contributed by atoms with Gasteiger partial charge in [-0.2, -0.15) is 0 Å². The van der Waals surface area contributed by atoms with E-state index < -0.39 is 0 Å². The second-order valence-electron chi connectivity index (χ2n) is 8.54. The Kier molecular flexibility index (Phi) is 5.28. The van der Waals surface area contributed by atoms with E-state index in [0.29, 0.717) is 18.3 Å². The lowest BCUT2D eigenvalue weighted by Gasteiger charge is -2.43. The third-order valence-corrected chi connectivity index (χ3v) is 6.32. The van der Waals surface area contributed by atoms with Crippen LogP contribution in [0.1, 0.15) is 30.0 Å². The Hall–Kier alpha value is -3.41. The van der Waals surface area contributed by atoms with E-state index in [0.717, 1.165) is 55.2 Å². The summed E-state index contributed by atoms with van der Waals surface area (Å²) in [6.45, 7) is 2.53. The number of carbonyl (C=O) groups is 1. The SMILES string of the molecule is O=C(CCc1ccccc1)Nc1ccc(N2C[C@H]3C[C@@H](C2)c2cccc(=O)n2C3)nc1. The molecule has 4 heterocycles. The van der Waals surface area contributed by atoms with Crippen LogP contribution in [0, 0.1) is 5.92 Å². The second kappa shape index (κ2) is 8.38. The number of nitrogens with zero attached hydrogens (tertiary/aromatic N) is 3. The smallest absolute Gasteiger partial charge is 0.250 e. The minimum atomic E-state index is -0.00652. The van der Waals surface area contributed by atoms with Crippen LogP contribution in [0.25, 0.3) is 0 Å². The van der Waals surface area contributed by atoms with Crippen molar-refractivity contribution in [1.82, 2.24) is 9.55 Å². The van der Waals surface area contributed by atoms with Crippen LogP contribution in [0.5, 0.6) is 0 Å². The maximum Gasteiger partial charge on any atom is 0.250 e. The second-order valence-corrected chi connectivity index (χ2v) is 8.54. The third-order valence-electron chi connectivity index (χ3n) is 6.32. The Morgan fingerprint density at radius 3 is 2.68 bits per heavy atom. The van der Waals surface area contributed by atoms with Crippen LogP contribution < -0.4 is 15.8 Å². The van der Waals surface area contributed by atoms with Gasteiger partial charge in [-0.1, -0.05) is 36.4 Å².